The number of rotatable bonds is 7. The molecule has 0 saturated carbocycles. The minimum Gasteiger partial charge on any atom is -0.496 e. The zero-order valence-electron chi connectivity index (χ0n) is 25.2. The molecule has 0 saturated heterocycles. The van der Waals surface area contributed by atoms with Crippen molar-refractivity contribution >= 4 is 30.0 Å². The van der Waals surface area contributed by atoms with Crippen LogP contribution in [-0.4, -0.2) is 47.3 Å². The fourth-order valence-electron chi connectivity index (χ4n) is 5.67. The van der Waals surface area contributed by atoms with Crippen molar-refractivity contribution in [2.24, 2.45) is 7.05 Å². The molecule has 2 heterocycles. The molecule has 0 unspecified atom stereocenters. The number of imidazole rings is 1. The molecule has 228 valence electrons. The molecule has 7 nitrogen and oxygen atoms in total. The van der Waals surface area contributed by atoms with Gasteiger partial charge in [0.25, 0.3) is 5.91 Å². The first-order valence-electron chi connectivity index (χ1n) is 14.1. The van der Waals surface area contributed by atoms with Crippen LogP contribution in [0.5, 0.6) is 5.75 Å². The summed E-state index contributed by atoms with van der Waals surface area (Å²) in [6, 6.07) is 13.2. The van der Waals surface area contributed by atoms with Crippen LogP contribution in [0.3, 0.4) is 0 Å². The normalized spacial score (nSPS) is 13.6. The average molecular weight is 603 g/mol. The number of halogens is 3. The predicted molar refractivity (Wildman–Crippen MR) is 165 cm³/mol. The third-order valence-electron chi connectivity index (χ3n) is 8.17. The van der Waals surface area contributed by atoms with Gasteiger partial charge in [-0.15, -0.1) is 0 Å². The van der Waals surface area contributed by atoms with Crippen molar-refractivity contribution < 1.29 is 27.5 Å². The van der Waals surface area contributed by atoms with Gasteiger partial charge in [-0.2, -0.15) is 13.2 Å². The van der Waals surface area contributed by atoms with E-state index in [0.29, 0.717) is 29.9 Å². The van der Waals surface area contributed by atoms with Crippen LogP contribution in [0.25, 0.3) is 23.3 Å². The lowest BCUT2D eigenvalue weighted by Gasteiger charge is -2.21. The molecule has 1 aromatic heterocycles. The van der Waals surface area contributed by atoms with Gasteiger partial charge in [0.1, 0.15) is 5.75 Å². The van der Waals surface area contributed by atoms with Crippen LogP contribution in [0.15, 0.2) is 48.5 Å². The number of amides is 1. The van der Waals surface area contributed by atoms with E-state index in [1.807, 2.05) is 68.9 Å². The Morgan fingerprint density at radius 1 is 0.977 bits per heavy atom. The van der Waals surface area contributed by atoms with Crippen LogP contribution in [0.1, 0.15) is 60.2 Å². The van der Waals surface area contributed by atoms with E-state index in [2.05, 4.69) is 15.2 Å². The van der Waals surface area contributed by atoms with Crippen LogP contribution >= 0.6 is 0 Å². The SMILES string of the molecule is COc1cc(/C=C/c2cccc(-c3cccc(NC(=O)c4nc5c(n4C)CCN(C)C5)c3C)c2C)c(C(F)(F)F)cc1C=O. The predicted octanol–water partition coefficient (Wildman–Crippen LogP) is 6.95. The summed E-state index contributed by atoms with van der Waals surface area (Å²) in [6.45, 7) is 5.42. The second kappa shape index (κ2) is 12.1. The number of nitrogens with one attached hydrogen (secondary N) is 1. The molecule has 0 atom stereocenters. The van der Waals surface area contributed by atoms with Gasteiger partial charge in [0.05, 0.1) is 23.9 Å². The van der Waals surface area contributed by atoms with E-state index in [-0.39, 0.29) is 22.8 Å². The Morgan fingerprint density at radius 2 is 1.66 bits per heavy atom. The van der Waals surface area contributed by atoms with Gasteiger partial charge in [0, 0.05) is 37.9 Å². The number of carbonyl (C=O) groups is 2. The summed E-state index contributed by atoms with van der Waals surface area (Å²) >= 11 is 0. The van der Waals surface area contributed by atoms with Crippen molar-refractivity contribution in [3.8, 4) is 16.9 Å². The third kappa shape index (κ3) is 5.90. The van der Waals surface area contributed by atoms with Crippen molar-refractivity contribution in [1.29, 1.82) is 0 Å². The topological polar surface area (TPSA) is 76.5 Å². The highest BCUT2D eigenvalue weighted by Gasteiger charge is 2.34. The number of methoxy groups -OCH3 is 1. The zero-order valence-corrected chi connectivity index (χ0v) is 25.2. The average Bonchev–Trinajstić information content (AvgIpc) is 3.32. The molecule has 1 N–H and O–H groups in total. The van der Waals surface area contributed by atoms with E-state index in [0.717, 1.165) is 52.7 Å². The molecule has 4 aromatic rings. The van der Waals surface area contributed by atoms with Gasteiger partial charge in [-0.3, -0.25) is 9.59 Å². The van der Waals surface area contributed by atoms with Gasteiger partial charge < -0.3 is 19.5 Å². The number of aldehydes is 1. The summed E-state index contributed by atoms with van der Waals surface area (Å²) in [5.41, 5.74) is 5.57. The molecule has 0 radical (unpaired) electrons. The van der Waals surface area contributed by atoms with Gasteiger partial charge in [-0.1, -0.05) is 42.5 Å². The summed E-state index contributed by atoms with van der Waals surface area (Å²) in [6.07, 6.45) is -0.496. The van der Waals surface area contributed by atoms with E-state index in [1.165, 1.54) is 19.3 Å². The van der Waals surface area contributed by atoms with Crippen LogP contribution in [0, 0.1) is 13.8 Å². The fraction of sp³-hybridized carbons (Fsp3) is 0.265. The first kappa shape index (κ1) is 30.7. The highest BCUT2D eigenvalue weighted by Crippen LogP contribution is 2.37. The Bertz CT molecular complexity index is 1790. The lowest BCUT2D eigenvalue weighted by Crippen LogP contribution is -2.27. The lowest BCUT2D eigenvalue weighted by atomic mass is 9.92. The van der Waals surface area contributed by atoms with Crippen molar-refractivity contribution in [3.05, 3.63) is 99.1 Å². The van der Waals surface area contributed by atoms with E-state index >= 15 is 0 Å². The van der Waals surface area contributed by atoms with E-state index in [1.54, 1.807) is 6.08 Å². The summed E-state index contributed by atoms with van der Waals surface area (Å²) in [5.74, 6) is 0.120. The van der Waals surface area contributed by atoms with Crippen LogP contribution < -0.4 is 10.1 Å². The Labute approximate surface area is 254 Å². The Kier molecular flexibility index (Phi) is 8.47. The molecule has 0 fully saturated rings. The second-order valence-corrected chi connectivity index (χ2v) is 11.0. The maximum Gasteiger partial charge on any atom is 0.417 e. The number of anilines is 1. The largest absolute Gasteiger partial charge is 0.496 e. The lowest BCUT2D eigenvalue weighted by molar-refractivity contribution is -0.137. The Morgan fingerprint density at radius 3 is 2.34 bits per heavy atom. The van der Waals surface area contributed by atoms with E-state index in [4.69, 9.17) is 4.74 Å². The number of nitrogens with zero attached hydrogens (tertiary/aromatic N) is 3. The molecule has 1 amide bonds. The van der Waals surface area contributed by atoms with Crippen molar-refractivity contribution in [2.45, 2.75) is 33.0 Å². The monoisotopic (exact) mass is 602 g/mol. The molecule has 1 aliphatic heterocycles. The first-order valence-corrected chi connectivity index (χ1v) is 14.1. The minimum atomic E-state index is -4.66. The van der Waals surface area contributed by atoms with Crippen LogP contribution in [-0.2, 0) is 26.2 Å². The molecule has 44 heavy (non-hydrogen) atoms. The molecule has 10 heteroatoms. The highest BCUT2D eigenvalue weighted by atomic mass is 19.4. The molecule has 0 spiro atoms. The smallest absolute Gasteiger partial charge is 0.417 e. The summed E-state index contributed by atoms with van der Waals surface area (Å²) < 4.78 is 48.5. The number of carbonyl (C=O) groups excluding carboxylic acids is 2. The first-order chi connectivity index (χ1) is 20.9. The number of benzene rings is 3. The second-order valence-electron chi connectivity index (χ2n) is 11.0. The van der Waals surface area contributed by atoms with E-state index < -0.39 is 11.7 Å². The molecule has 0 aliphatic carbocycles. The third-order valence-corrected chi connectivity index (χ3v) is 8.17. The van der Waals surface area contributed by atoms with Crippen molar-refractivity contribution in [3.63, 3.8) is 0 Å². The fourth-order valence-corrected chi connectivity index (χ4v) is 5.67. The minimum absolute atomic E-state index is 0.0608. The molecule has 3 aromatic carbocycles. The van der Waals surface area contributed by atoms with Gasteiger partial charge in [-0.05, 0) is 72.5 Å². The van der Waals surface area contributed by atoms with Gasteiger partial charge in [-0.25, -0.2) is 4.98 Å². The van der Waals surface area contributed by atoms with Gasteiger partial charge >= 0.3 is 6.18 Å². The number of hydrogen-bond donors (Lipinski definition) is 1. The van der Waals surface area contributed by atoms with Crippen molar-refractivity contribution in [2.75, 3.05) is 26.0 Å². The Balaban J connectivity index is 1.46. The standard InChI is InChI=1S/C34H33F3N4O3/c1-20-22(12-13-23-17-31(44-5)24(19-42)16-27(23)34(35,36)37)8-6-9-25(20)26-10-7-11-28(21(26)2)39-33(43)32-38-29-18-40(3)15-14-30(29)41(32)4/h6-13,16-17,19H,14-15,18H2,1-5H3,(H,39,43)/b13-12+. The number of alkyl halides is 3. The number of fused-ring (bicyclic) bond motifs is 1. The molecule has 5 rings (SSSR count). The van der Waals surface area contributed by atoms with Crippen molar-refractivity contribution in [1.82, 2.24) is 14.5 Å². The molecule has 1 aliphatic rings. The number of hydrogen-bond acceptors (Lipinski definition) is 5. The summed E-state index contributed by atoms with van der Waals surface area (Å²) in [4.78, 5) is 31.5. The maximum atomic E-state index is 13.8. The van der Waals surface area contributed by atoms with Gasteiger partial charge in [0.2, 0.25) is 0 Å². The number of aromatic nitrogens is 2. The maximum absolute atomic E-state index is 13.8. The molecular formula is C34H33F3N4O3. The quantitative estimate of drug-likeness (QED) is 0.183. The number of likely N-dealkylation sites (N-methyl/N-ethyl adjacent to an activating group) is 1. The summed E-state index contributed by atoms with van der Waals surface area (Å²) in [7, 11) is 5.20. The zero-order chi connectivity index (χ0) is 31.8. The van der Waals surface area contributed by atoms with Gasteiger partial charge in [0.15, 0.2) is 12.1 Å². The van der Waals surface area contributed by atoms with Crippen LogP contribution in [0.2, 0.25) is 0 Å². The highest BCUT2D eigenvalue weighted by molar-refractivity contribution is 6.03. The number of ether oxygens (including phenoxy) is 1. The van der Waals surface area contributed by atoms with E-state index in [9.17, 15) is 22.8 Å². The molecule has 0 bridgehead atoms. The Hall–Kier alpha value is -4.70. The summed E-state index contributed by atoms with van der Waals surface area (Å²) in [5, 5.41) is 3.03. The molecular weight excluding hydrogens is 569 g/mol. The van der Waals surface area contributed by atoms with Crippen LogP contribution in [0.4, 0.5) is 18.9 Å².